The fourth-order valence-corrected chi connectivity index (χ4v) is 5.53. The zero-order valence-electron chi connectivity index (χ0n) is 29.4. The van der Waals surface area contributed by atoms with Crippen LogP contribution >= 0.6 is 0 Å². The molecule has 12 heteroatoms. The fraction of sp³-hybridized carbons (Fsp3) is 0.686. The van der Waals surface area contributed by atoms with Gasteiger partial charge in [0.05, 0.1) is 18.8 Å². The van der Waals surface area contributed by atoms with E-state index in [0.717, 1.165) is 5.56 Å². The van der Waals surface area contributed by atoms with E-state index in [2.05, 4.69) is 33.0 Å². The van der Waals surface area contributed by atoms with E-state index in [1.165, 1.54) is 0 Å². The van der Waals surface area contributed by atoms with Crippen LogP contribution in [0.3, 0.4) is 0 Å². The van der Waals surface area contributed by atoms with Gasteiger partial charge in [0.15, 0.2) is 0 Å². The standard InChI is InChI=1S/C35H57N5O7/c1-22(2)17-26(38-32(44)29(35(36-9)15-16-46-21-35)40-33(45)47-34(6,7)8)28(41)19-24(5)30(42)39-27(18-23(3)4)31(43)37-20-25-13-11-10-12-14-25/h10-14,22-24,26-29,41H,9,15-21H2,1-8H3,(H,37,43)(H,38,44)(H,39,42)(H,40,45)/t24-,26+,27+,28+,29-,35+/m1/s1. The number of hydrogen-bond acceptors (Lipinski definition) is 8. The number of hydrogen-bond donors (Lipinski definition) is 5. The van der Waals surface area contributed by atoms with Gasteiger partial charge >= 0.3 is 6.09 Å². The van der Waals surface area contributed by atoms with E-state index in [4.69, 9.17) is 9.47 Å². The van der Waals surface area contributed by atoms with Crippen molar-refractivity contribution in [1.29, 1.82) is 0 Å². The second-order valence-corrected chi connectivity index (χ2v) is 14.5. The van der Waals surface area contributed by atoms with Crippen LogP contribution in [0.5, 0.6) is 0 Å². The van der Waals surface area contributed by atoms with Crippen molar-refractivity contribution >= 4 is 30.5 Å². The van der Waals surface area contributed by atoms with Crippen LogP contribution in [0, 0.1) is 17.8 Å². The van der Waals surface area contributed by atoms with Gasteiger partial charge in [-0.3, -0.25) is 19.4 Å². The average Bonchev–Trinajstić information content (AvgIpc) is 3.47. The van der Waals surface area contributed by atoms with Crippen molar-refractivity contribution < 1.29 is 33.8 Å². The zero-order valence-corrected chi connectivity index (χ0v) is 29.4. The lowest BCUT2D eigenvalue weighted by Crippen LogP contribution is -2.62. The molecule has 1 saturated heterocycles. The molecule has 1 fully saturated rings. The molecule has 47 heavy (non-hydrogen) atoms. The van der Waals surface area contributed by atoms with Crippen molar-refractivity contribution in [2.45, 2.75) is 123 Å². The van der Waals surface area contributed by atoms with Crippen molar-refractivity contribution in [3.8, 4) is 0 Å². The summed E-state index contributed by atoms with van der Waals surface area (Å²) in [5.41, 5.74) is -0.965. The molecule has 2 rings (SSSR count). The number of aliphatic hydroxyl groups is 1. The molecule has 1 aromatic rings. The molecule has 0 radical (unpaired) electrons. The van der Waals surface area contributed by atoms with Crippen LogP contribution in [0.1, 0.15) is 86.6 Å². The van der Waals surface area contributed by atoms with E-state index in [0.29, 0.717) is 32.4 Å². The molecular weight excluding hydrogens is 602 g/mol. The zero-order chi connectivity index (χ0) is 35.4. The van der Waals surface area contributed by atoms with Crippen LogP contribution in [-0.4, -0.2) is 84.2 Å². The van der Waals surface area contributed by atoms with Crippen molar-refractivity contribution in [1.82, 2.24) is 21.3 Å². The van der Waals surface area contributed by atoms with Gasteiger partial charge in [-0.25, -0.2) is 4.79 Å². The Kier molecular flexibility index (Phi) is 15.3. The number of nitrogens with one attached hydrogen (secondary N) is 4. The van der Waals surface area contributed by atoms with Crippen LogP contribution in [0.25, 0.3) is 0 Å². The SMILES string of the molecule is C=N[C@@]1([C@H](NC(=O)OC(C)(C)C)C(=O)N[C@@H](CC(C)C)[C@@H](O)C[C@@H](C)C(=O)N[C@@H](CC(C)C)C(=O)NCc2ccccc2)CCOC1. The molecule has 1 aliphatic rings. The molecule has 0 saturated carbocycles. The Hall–Kier alpha value is -3.51. The van der Waals surface area contributed by atoms with E-state index < -0.39 is 53.3 Å². The first-order chi connectivity index (χ1) is 22.0. The number of amides is 4. The molecule has 0 spiro atoms. The number of carbonyl (C=O) groups excluding carboxylic acids is 4. The third-order valence-electron chi connectivity index (χ3n) is 8.02. The summed E-state index contributed by atoms with van der Waals surface area (Å²) in [7, 11) is 0. The Bertz CT molecular complexity index is 1180. The minimum Gasteiger partial charge on any atom is -0.444 e. The highest BCUT2D eigenvalue weighted by molar-refractivity contribution is 5.89. The Balaban J connectivity index is 2.15. The highest BCUT2D eigenvalue weighted by atomic mass is 16.6. The maximum atomic E-state index is 13.8. The van der Waals surface area contributed by atoms with Crippen LogP contribution in [0.4, 0.5) is 4.79 Å². The minimum atomic E-state index is -1.17. The lowest BCUT2D eigenvalue weighted by Gasteiger charge is -2.35. The summed E-state index contributed by atoms with van der Waals surface area (Å²) in [6.07, 6.45) is -0.655. The number of benzene rings is 1. The first-order valence-electron chi connectivity index (χ1n) is 16.6. The van der Waals surface area contributed by atoms with Crippen molar-refractivity contribution in [3.63, 3.8) is 0 Å². The van der Waals surface area contributed by atoms with Crippen LogP contribution < -0.4 is 21.3 Å². The summed E-state index contributed by atoms with van der Waals surface area (Å²) in [5.74, 6) is -1.66. The summed E-state index contributed by atoms with van der Waals surface area (Å²) in [5, 5.41) is 22.7. The third kappa shape index (κ3) is 13.3. The highest BCUT2D eigenvalue weighted by Gasteiger charge is 2.48. The van der Waals surface area contributed by atoms with Gasteiger partial charge in [-0.05, 0) is 64.2 Å². The predicted octanol–water partition coefficient (Wildman–Crippen LogP) is 3.50. The van der Waals surface area contributed by atoms with Crippen LogP contribution in [0.2, 0.25) is 0 Å². The molecule has 0 aromatic heterocycles. The first kappa shape index (κ1) is 39.7. The summed E-state index contributed by atoms with van der Waals surface area (Å²) in [6, 6.07) is 6.86. The fourth-order valence-electron chi connectivity index (χ4n) is 5.53. The maximum Gasteiger partial charge on any atom is 0.408 e. The lowest BCUT2D eigenvalue weighted by molar-refractivity contribution is -0.132. The number of ether oxygens (including phenoxy) is 2. The Labute approximate surface area is 280 Å². The quantitative estimate of drug-likeness (QED) is 0.160. The van der Waals surface area contributed by atoms with Crippen LogP contribution in [-0.2, 0) is 30.4 Å². The highest BCUT2D eigenvalue weighted by Crippen LogP contribution is 2.28. The van der Waals surface area contributed by atoms with Gasteiger partial charge in [-0.2, -0.15) is 0 Å². The summed E-state index contributed by atoms with van der Waals surface area (Å²) in [4.78, 5) is 57.2. The molecule has 264 valence electrons. The molecule has 1 heterocycles. The topological polar surface area (TPSA) is 167 Å². The molecule has 12 nitrogen and oxygen atoms in total. The number of rotatable bonds is 17. The molecule has 0 unspecified atom stereocenters. The summed E-state index contributed by atoms with van der Waals surface area (Å²) >= 11 is 0. The number of alkyl carbamates (subject to hydrolysis) is 1. The average molecular weight is 660 g/mol. The molecule has 0 bridgehead atoms. The van der Waals surface area contributed by atoms with Crippen molar-refractivity contribution in [3.05, 3.63) is 35.9 Å². The Morgan fingerprint density at radius 3 is 2.11 bits per heavy atom. The number of aliphatic imine (C=N–C) groups is 1. The van der Waals surface area contributed by atoms with Crippen molar-refractivity contribution in [2.24, 2.45) is 22.7 Å². The second kappa shape index (κ2) is 18.1. The van der Waals surface area contributed by atoms with Gasteiger partial charge in [0, 0.05) is 25.5 Å². The monoisotopic (exact) mass is 659 g/mol. The number of nitrogens with zero attached hydrogens (tertiary/aromatic N) is 1. The first-order valence-corrected chi connectivity index (χ1v) is 16.6. The van der Waals surface area contributed by atoms with E-state index in [-0.39, 0.29) is 36.7 Å². The smallest absolute Gasteiger partial charge is 0.408 e. The van der Waals surface area contributed by atoms with Gasteiger partial charge in [-0.15, -0.1) is 0 Å². The number of aliphatic hydroxyl groups excluding tert-OH is 1. The molecule has 4 amide bonds. The van der Waals surface area contributed by atoms with Gasteiger partial charge < -0.3 is 35.8 Å². The number of carbonyl (C=O) groups is 4. The normalized spacial score (nSPS) is 19.6. The van der Waals surface area contributed by atoms with E-state index in [1.54, 1.807) is 27.7 Å². The molecule has 5 N–H and O–H groups in total. The molecular formula is C35H57N5O7. The molecule has 0 aliphatic carbocycles. The van der Waals surface area contributed by atoms with Gasteiger partial charge in [0.2, 0.25) is 17.7 Å². The van der Waals surface area contributed by atoms with E-state index >= 15 is 0 Å². The largest absolute Gasteiger partial charge is 0.444 e. The van der Waals surface area contributed by atoms with E-state index in [1.807, 2.05) is 58.0 Å². The Morgan fingerprint density at radius 2 is 1.57 bits per heavy atom. The summed E-state index contributed by atoms with van der Waals surface area (Å²) < 4.78 is 11.0. The maximum absolute atomic E-state index is 13.8. The lowest BCUT2D eigenvalue weighted by atomic mass is 9.87. The van der Waals surface area contributed by atoms with Gasteiger partial charge in [-0.1, -0.05) is 65.0 Å². The van der Waals surface area contributed by atoms with Crippen molar-refractivity contribution in [2.75, 3.05) is 13.2 Å². The predicted molar refractivity (Wildman–Crippen MR) is 182 cm³/mol. The van der Waals surface area contributed by atoms with E-state index in [9.17, 15) is 24.3 Å². The third-order valence-corrected chi connectivity index (χ3v) is 8.02. The van der Waals surface area contributed by atoms with Crippen LogP contribution in [0.15, 0.2) is 35.3 Å². The minimum absolute atomic E-state index is 0.0294. The second-order valence-electron chi connectivity index (χ2n) is 14.5. The molecule has 1 aliphatic heterocycles. The Morgan fingerprint density at radius 1 is 0.936 bits per heavy atom. The van der Waals surface area contributed by atoms with Gasteiger partial charge in [0.1, 0.15) is 23.2 Å². The molecule has 6 atom stereocenters. The molecule has 1 aromatic carbocycles. The summed E-state index contributed by atoms with van der Waals surface area (Å²) in [6.45, 7) is 19.1. The van der Waals surface area contributed by atoms with Gasteiger partial charge in [0.25, 0.3) is 0 Å².